The van der Waals surface area contributed by atoms with Crippen molar-refractivity contribution < 1.29 is 0 Å². The molecule has 0 spiro atoms. The number of nitrogens with one attached hydrogen (secondary N) is 1. The highest BCUT2D eigenvalue weighted by Crippen LogP contribution is 2.26. The number of halogens is 1. The number of hydrogen-bond donors (Lipinski definition) is 1. The normalized spacial score (nSPS) is 14.7. The van der Waals surface area contributed by atoms with E-state index in [1.54, 1.807) is 0 Å². The molecule has 1 saturated carbocycles. The minimum Gasteiger partial charge on any atom is -0.374 e. The molecule has 3 heteroatoms. The van der Waals surface area contributed by atoms with Crippen LogP contribution in [-0.2, 0) is 6.54 Å². The minimum absolute atomic E-state index is 0.744. The van der Waals surface area contributed by atoms with Gasteiger partial charge in [-0.05, 0) is 37.0 Å². The Morgan fingerprint density at radius 2 is 2.11 bits per heavy atom. The SMILES string of the molecule is CCCCCN(C)c1cc(Cl)ccc1CNC1CC1. The van der Waals surface area contributed by atoms with E-state index in [1.807, 2.05) is 6.07 Å². The Balaban J connectivity index is 1.99. The van der Waals surface area contributed by atoms with Gasteiger partial charge in [0.15, 0.2) is 0 Å². The highest BCUT2D eigenvalue weighted by atomic mass is 35.5. The van der Waals surface area contributed by atoms with Crippen LogP contribution < -0.4 is 10.2 Å². The van der Waals surface area contributed by atoms with Crippen molar-refractivity contribution >= 4 is 17.3 Å². The second-order valence-electron chi connectivity index (χ2n) is 5.56. The van der Waals surface area contributed by atoms with Gasteiger partial charge in [0, 0.05) is 36.9 Å². The first-order chi connectivity index (χ1) is 9.20. The summed E-state index contributed by atoms with van der Waals surface area (Å²) in [6, 6.07) is 6.99. The van der Waals surface area contributed by atoms with Crippen LogP contribution in [0.5, 0.6) is 0 Å². The molecule has 1 aromatic carbocycles. The second-order valence-corrected chi connectivity index (χ2v) is 5.99. The topological polar surface area (TPSA) is 15.3 Å². The van der Waals surface area contributed by atoms with Crippen molar-refractivity contribution in [3.05, 3.63) is 28.8 Å². The number of hydrogen-bond acceptors (Lipinski definition) is 2. The van der Waals surface area contributed by atoms with Gasteiger partial charge >= 0.3 is 0 Å². The molecule has 1 aliphatic carbocycles. The number of benzene rings is 1. The number of rotatable bonds is 8. The van der Waals surface area contributed by atoms with Gasteiger partial charge in [0.05, 0.1) is 0 Å². The van der Waals surface area contributed by atoms with Gasteiger partial charge in [-0.3, -0.25) is 0 Å². The lowest BCUT2D eigenvalue weighted by molar-refractivity contribution is 0.678. The van der Waals surface area contributed by atoms with E-state index in [4.69, 9.17) is 11.6 Å². The third kappa shape index (κ3) is 4.70. The van der Waals surface area contributed by atoms with Crippen molar-refractivity contribution in [2.45, 2.75) is 51.6 Å². The average molecular weight is 281 g/mol. The molecule has 0 radical (unpaired) electrons. The van der Waals surface area contributed by atoms with Gasteiger partial charge in [-0.1, -0.05) is 37.4 Å². The molecule has 1 fully saturated rings. The summed E-state index contributed by atoms with van der Waals surface area (Å²) in [6.45, 7) is 4.30. The molecule has 0 saturated heterocycles. The summed E-state index contributed by atoms with van der Waals surface area (Å²) >= 11 is 6.15. The third-order valence-corrected chi connectivity index (χ3v) is 3.95. The van der Waals surface area contributed by atoms with Gasteiger partial charge in [-0.15, -0.1) is 0 Å². The fraction of sp³-hybridized carbons (Fsp3) is 0.625. The van der Waals surface area contributed by atoms with E-state index >= 15 is 0 Å². The Morgan fingerprint density at radius 1 is 1.32 bits per heavy atom. The zero-order valence-corrected chi connectivity index (χ0v) is 12.8. The molecule has 0 atom stereocenters. The molecule has 2 nitrogen and oxygen atoms in total. The number of unbranched alkanes of at least 4 members (excludes halogenated alkanes) is 2. The molecule has 2 rings (SSSR count). The van der Waals surface area contributed by atoms with Gasteiger partial charge < -0.3 is 10.2 Å². The third-order valence-electron chi connectivity index (χ3n) is 3.71. The lowest BCUT2D eigenvalue weighted by Gasteiger charge is -2.23. The van der Waals surface area contributed by atoms with Crippen molar-refractivity contribution in [3.8, 4) is 0 Å². The van der Waals surface area contributed by atoms with Crippen molar-refractivity contribution in [1.29, 1.82) is 0 Å². The Kier molecular flexibility index (Phi) is 5.53. The fourth-order valence-corrected chi connectivity index (χ4v) is 2.47. The molecule has 1 aliphatic rings. The van der Waals surface area contributed by atoms with Crippen LogP contribution in [0.25, 0.3) is 0 Å². The molecule has 19 heavy (non-hydrogen) atoms. The lowest BCUT2D eigenvalue weighted by atomic mass is 10.1. The van der Waals surface area contributed by atoms with Crippen LogP contribution >= 0.6 is 11.6 Å². The van der Waals surface area contributed by atoms with E-state index in [0.717, 1.165) is 24.2 Å². The molecule has 0 heterocycles. The highest BCUT2D eigenvalue weighted by Gasteiger charge is 2.20. The average Bonchev–Trinajstić information content (AvgIpc) is 3.21. The van der Waals surface area contributed by atoms with E-state index in [1.165, 1.54) is 43.4 Å². The summed E-state index contributed by atoms with van der Waals surface area (Å²) in [5.41, 5.74) is 2.63. The van der Waals surface area contributed by atoms with Crippen molar-refractivity contribution in [2.75, 3.05) is 18.5 Å². The predicted molar refractivity (Wildman–Crippen MR) is 84.1 cm³/mol. The van der Waals surface area contributed by atoms with Crippen molar-refractivity contribution in [2.24, 2.45) is 0 Å². The molecule has 0 amide bonds. The standard InChI is InChI=1S/C16H25ClN2/c1-3-4-5-10-19(2)16-11-14(17)7-6-13(16)12-18-15-8-9-15/h6-7,11,15,18H,3-5,8-10,12H2,1-2H3. The van der Waals surface area contributed by atoms with E-state index in [-0.39, 0.29) is 0 Å². The molecule has 1 aromatic rings. The van der Waals surface area contributed by atoms with Crippen LogP contribution in [0.1, 0.15) is 44.6 Å². The number of nitrogens with zero attached hydrogens (tertiary/aromatic N) is 1. The van der Waals surface area contributed by atoms with E-state index in [0.29, 0.717) is 0 Å². The molecule has 0 bridgehead atoms. The van der Waals surface area contributed by atoms with Gasteiger partial charge in [0.2, 0.25) is 0 Å². The zero-order chi connectivity index (χ0) is 13.7. The number of anilines is 1. The monoisotopic (exact) mass is 280 g/mol. The molecule has 0 unspecified atom stereocenters. The van der Waals surface area contributed by atoms with Gasteiger partial charge in [-0.2, -0.15) is 0 Å². The summed E-state index contributed by atoms with van der Waals surface area (Å²) in [5, 5.41) is 4.41. The minimum atomic E-state index is 0.744. The van der Waals surface area contributed by atoms with Crippen LogP contribution in [0, 0.1) is 0 Å². The molecule has 0 aliphatic heterocycles. The van der Waals surface area contributed by atoms with Gasteiger partial charge in [0.1, 0.15) is 0 Å². The quantitative estimate of drug-likeness (QED) is 0.717. The Hall–Kier alpha value is -0.730. The maximum atomic E-state index is 6.15. The van der Waals surface area contributed by atoms with Crippen LogP contribution in [0.2, 0.25) is 5.02 Å². The molecule has 106 valence electrons. The largest absolute Gasteiger partial charge is 0.374 e. The van der Waals surface area contributed by atoms with Crippen LogP contribution in [-0.4, -0.2) is 19.6 Å². The fourth-order valence-electron chi connectivity index (χ4n) is 2.30. The van der Waals surface area contributed by atoms with E-state index < -0.39 is 0 Å². The first kappa shape index (κ1) is 14.7. The second kappa shape index (κ2) is 7.16. The molecule has 1 N–H and O–H groups in total. The van der Waals surface area contributed by atoms with Crippen LogP contribution in [0.3, 0.4) is 0 Å². The van der Waals surface area contributed by atoms with E-state index in [9.17, 15) is 0 Å². The van der Waals surface area contributed by atoms with Crippen LogP contribution in [0.15, 0.2) is 18.2 Å². The Labute approximate surface area is 122 Å². The summed E-state index contributed by atoms with van der Waals surface area (Å²) in [4.78, 5) is 2.34. The smallest absolute Gasteiger partial charge is 0.0426 e. The summed E-state index contributed by atoms with van der Waals surface area (Å²) in [5.74, 6) is 0. The lowest BCUT2D eigenvalue weighted by Crippen LogP contribution is -2.22. The first-order valence-corrected chi connectivity index (χ1v) is 7.81. The summed E-state index contributed by atoms with van der Waals surface area (Å²) in [7, 11) is 2.17. The van der Waals surface area contributed by atoms with Crippen LogP contribution in [0.4, 0.5) is 5.69 Å². The van der Waals surface area contributed by atoms with Crippen molar-refractivity contribution in [3.63, 3.8) is 0 Å². The van der Waals surface area contributed by atoms with Gasteiger partial charge in [0.25, 0.3) is 0 Å². The first-order valence-electron chi connectivity index (χ1n) is 7.43. The van der Waals surface area contributed by atoms with E-state index in [2.05, 4.69) is 36.3 Å². The summed E-state index contributed by atoms with van der Waals surface area (Å²) < 4.78 is 0. The molecular weight excluding hydrogens is 256 g/mol. The maximum absolute atomic E-state index is 6.15. The molecule has 0 aromatic heterocycles. The van der Waals surface area contributed by atoms with Crippen molar-refractivity contribution in [1.82, 2.24) is 5.32 Å². The zero-order valence-electron chi connectivity index (χ0n) is 12.1. The molecular formula is C16H25ClN2. The predicted octanol–water partition coefficient (Wildman–Crippen LogP) is 4.22. The maximum Gasteiger partial charge on any atom is 0.0426 e. The summed E-state index contributed by atoms with van der Waals surface area (Å²) in [6.07, 6.45) is 6.46. The highest BCUT2D eigenvalue weighted by molar-refractivity contribution is 6.30. The Morgan fingerprint density at radius 3 is 2.79 bits per heavy atom. The van der Waals surface area contributed by atoms with Gasteiger partial charge in [-0.25, -0.2) is 0 Å². The Bertz CT molecular complexity index is 402.